The van der Waals surface area contributed by atoms with E-state index in [9.17, 15) is 12.8 Å². The summed E-state index contributed by atoms with van der Waals surface area (Å²) in [4.78, 5) is 0.196. The van der Waals surface area contributed by atoms with E-state index in [2.05, 4.69) is 4.72 Å². The molecule has 94 valence electrons. The molecule has 5 heteroatoms. The first-order chi connectivity index (χ1) is 7.99. The molecule has 1 aliphatic carbocycles. The lowest BCUT2D eigenvalue weighted by Crippen LogP contribution is -2.38. The van der Waals surface area contributed by atoms with Gasteiger partial charge < -0.3 is 0 Å². The van der Waals surface area contributed by atoms with E-state index in [1.807, 2.05) is 6.92 Å². The van der Waals surface area contributed by atoms with Crippen LogP contribution in [0.3, 0.4) is 0 Å². The fourth-order valence-electron chi connectivity index (χ4n) is 2.03. The second-order valence-electron chi connectivity index (χ2n) is 4.49. The fourth-order valence-corrected chi connectivity index (χ4v) is 3.33. The molecule has 1 saturated carbocycles. The third-order valence-electron chi connectivity index (χ3n) is 3.07. The first kappa shape index (κ1) is 12.5. The van der Waals surface area contributed by atoms with E-state index in [1.54, 1.807) is 24.3 Å². The van der Waals surface area contributed by atoms with Crippen LogP contribution in [0.25, 0.3) is 0 Å². The van der Waals surface area contributed by atoms with Gasteiger partial charge in [0.05, 0.1) is 10.9 Å². The number of hydrogen-bond donors (Lipinski definition) is 1. The van der Waals surface area contributed by atoms with Crippen molar-refractivity contribution < 1.29 is 12.8 Å². The van der Waals surface area contributed by atoms with Crippen LogP contribution in [0.15, 0.2) is 29.2 Å². The van der Waals surface area contributed by atoms with Crippen LogP contribution in [0.1, 0.15) is 24.8 Å². The second-order valence-corrected chi connectivity index (χ2v) is 6.20. The van der Waals surface area contributed by atoms with Crippen molar-refractivity contribution in [1.29, 1.82) is 0 Å². The van der Waals surface area contributed by atoms with E-state index in [1.165, 1.54) is 0 Å². The van der Waals surface area contributed by atoms with Crippen molar-refractivity contribution in [3.8, 4) is 0 Å². The Kier molecular flexibility index (Phi) is 3.49. The van der Waals surface area contributed by atoms with Gasteiger partial charge in [0.1, 0.15) is 6.17 Å². The van der Waals surface area contributed by atoms with E-state index < -0.39 is 22.2 Å². The highest BCUT2D eigenvalue weighted by Gasteiger charge is 2.31. The molecule has 0 spiro atoms. The van der Waals surface area contributed by atoms with E-state index in [-0.39, 0.29) is 4.90 Å². The standard InChI is InChI=1S/C12H16FNO2S/c1-9-5-7-10(8-6-9)17(15,16)14-12-4-2-3-11(12)13/h5-8,11-12,14H,2-4H2,1H3/t11-,12-/m0/s1. The van der Waals surface area contributed by atoms with Gasteiger partial charge in [-0.25, -0.2) is 17.5 Å². The zero-order valence-corrected chi connectivity index (χ0v) is 10.5. The van der Waals surface area contributed by atoms with Gasteiger partial charge in [-0.05, 0) is 38.3 Å². The van der Waals surface area contributed by atoms with Crippen molar-refractivity contribution >= 4 is 10.0 Å². The molecule has 1 aromatic rings. The van der Waals surface area contributed by atoms with E-state index in [4.69, 9.17) is 0 Å². The van der Waals surface area contributed by atoms with Crippen LogP contribution in [0.2, 0.25) is 0 Å². The summed E-state index contributed by atoms with van der Waals surface area (Å²) >= 11 is 0. The number of alkyl halides is 1. The topological polar surface area (TPSA) is 46.2 Å². The van der Waals surface area contributed by atoms with Gasteiger partial charge in [0, 0.05) is 0 Å². The number of benzene rings is 1. The average molecular weight is 257 g/mol. The van der Waals surface area contributed by atoms with Crippen molar-refractivity contribution in [2.75, 3.05) is 0 Å². The van der Waals surface area contributed by atoms with Gasteiger partial charge in [-0.2, -0.15) is 0 Å². The first-order valence-electron chi connectivity index (χ1n) is 5.72. The van der Waals surface area contributed by atoms with Gasteiger partial charge >= 0.3 is 0 Å². The molecule has 0 aromatic heterocycles. The summed E-state index contributed by atoms with van der Waals surface area (Å²) in [6, 6.07) is 5.98. The van der Waals surface area contributed by atoms with Crippen molar-refractivity contribution in [2.24, 2.45) is 0 Å². The Morgan fingerprint density at radius 1 is 1.24 bits per heavy atom. The quantitative estimate of drug-likeness (QED) is 0.902. The lowest BCUT2D eigenvalue weighted by atomic mass is 10.2. The summed E-state index contributed by atoms with van der Waals surface area (Å²) < 4.78 is 39.7. The molecule has 2 rings (SSSR count). The van der Waals surface area contributed by atoms with Gasteiger partial charge in [-0.3, -0.25) is 0 Å². The molecule has 0 unspecified atom stereocenters. The fraction of sp³-hybridized carbons (Fsp3) is 0.500. The molecular weight excluding hydrogens is 241 g/mol. The molecule has 0 heterocycles. The van der Waals surface area contributed by atoms with E-state index >= 15 is 0 Å². The highest BCUT2D eigenvalue weighted by atomic mass is 32.2. The maximum Gasteiger partial charge on any atom is 0.240 e. The maximum atomic E-state index is 13.4. The van der Waals surface area contributed by atoms with E-state index in [0.29, 0.717) is 12.8 Å². The summed E-state index contributed by atoms with van der Waals surface area (Å²) in [5.41, 5.74) is 0.994. The van der Waals surface area contributed by atoms with E-state index in [0.717, 1.165) is 12.0 Å². The van der Waals surface area contributed by atoms with Crippen LogP contribution in [-0.2, 0) is 10.0 Å². The van der Waals surface area contributed by atoms with Gasteiger partial charge in [0.15, 0.2) is 0 Å². The number of sulfonamides is 1. The number of nitrogens with one attached hydrogen (secondary N) is 1. The van der Waals surface area contributed by atoms with Crippen LogP contribution in [0.4, 0.5) is 4.39 Å². The monoisotopic (exact) mass is 257 g/mol. The maximum absolute atomic E-state index is 13.4. The number of rotatable bonds is 3. The molecule has 0 amide bonds. The third-order valence-corrected chi connectivity index (χ3v) is 4.58. The van der Waals surface area contributed by atoms with Crippen LogP contribution >= 0.6 is 0 Å². The molecule has 3 nitrogen and oxygen atoms in total. The molecule has 2 atom stereocenters. The van der Waals surface area contributed by atoms with Crippen molar-refractivity contribution in [3.05, 3.63) is 29.8 Å². The van der Waals surface area contributed by atoms with Gasteiger partial charge in [0.25, 0.3) is 0 Å². The minimum Gasteiger partial charge on any atom is -0.246 e. The summed E-state index contributed by atoms with van der Waals surface area (Å²) in [6.07, 6.45) is 0.700. The molecule has 0 saturated heterocycles. The molecule has 1 fully saturated rings. The lowest BCUT2D eigenvalue weighted by Gasteiger charge is -2.15. The zero-order chi connectivity index (χ0) is 12.5. The Balaban J connectivity index is 2.16. The Labute approximate surface area is 101 Å². The second kappa shape index (κ2) is 4.74. The van der Waals surface area contributed by atoms with Crippen LogP contribution in [-0.4, -0.2) is 20.6 Å². The largest absolute Gasteiger partial charge is 0.246 e. The zero-order valence-electron chi connectivity index (χ0n) is 9.69. The highest BCUT2D eigenvalue weighted by Crippen LogP contribution is 2.23. The van der Waals surface area contributed by atoms with Gasteiger partial charge in [-0.15, -0.1) is 0 Å². The molecule has 1 aliphatic rings. The normalized spacial score (nSPS) is 25.1. The first-order valence-corrected chi connectivity index (χ1v) is 7.20. The van der Waals surface area contributed by atoms with Crippen molar-refractivity contribution in [2.45, 2.75) is 43.3 Å². The molecule has 1 N–H and O–H groups in total. The number of hydrogen-bond acceptors (Lipinski definition) is 2. The van der Waals surface area contributed by atoms with Crippen LogP contribution in [0, 0.1) is 6.92 Å². The smallest absolute Gasteiger partial charge is 0.240 e. The molecule has 1 aromatic carbocycles. The predicted molar refractivity (Wildman–Crippen MR) is 64.0 cm³/mol. The minimum absolute atomic E-state index is 0.196. The van der Waals surface area contributed by atoms with Crippen molar-refractivity contribution in [1.82, 2.24) is 4.72 Å². The molecular formula is C12H16FNO2S. The molecule has 0 radical (unpaired) electrons. The molecule has 0 aliphatic heterocycles. The minimum atomic E-state index is -3.58. The number of aryl methyl sites for hydroxylation is 1. The SMILES string of the molecule is Cc1ccc(S(=O)(=O)N[C@H]2CCC[C@@H]2F)cc1. The predicted octanol–water partition coefficient (Wildman–Crippen LogP) is 2.16. The summed E-state index contributed by atoms with van der Waals surface area (Å²) in [5, 5.41) is 0. The van der Waals surface area contributed by atoms with Gasteiger partial charge in [-0.1, -0.05) is 17.7 Å². The summed E-state index contributed by atoms with van der Waals surface area (Å²) in [5.74, 6) is 0. The average Bonchev–Trinajstić information content (AvgIpc) is 2.64. The Hall–Kier alpha value is -0.940. The Bertz CT molecular complexity index is 484. The highest BCUT2D eigenvalue weighted by molar-refractivity contribution is 7.89. The van der Waals surface area contributed by atoms with Crippen molar-refractivity contribution in [3.63, 3.8) is 0 Å². The molecule has 0 bridgehead atoms. The molecule has 17 heavy (non-hydrogen) atoms. The van der Waals surface area contributed by atoms with Gasteiger partial charge in [0.2, 0.25) is 10.0 Å². The summed E-state index contributed by atoms with van der Waals surface area (Å²) in [6.45, 7) is 1.89. The lowest BCUT2D eigenvalue weighted by molar-refractivity contribution is 0.300. The number of halogens is 1. The Morgan fingerprint density at radius 3 is 2.41 bits per heavy atom. The third kappa shape index (κ3) is 2.84. The van der Waals surface area contributed by atoms with Crippen LogP contribution < -0.4 is 4.72 Å². The summed E-state index contributed by atoms with van der Waals surface area (Å²) in [7, 11) is -3.58. The Morgan fingerprint density at radius 2 is 1.88 bits per heavy atom. The van der Waals surface area contributed by atoms with Crippen LogP contribution in [0.5, 0.6) is 0 Å².